The summed E-state index contributed by atoms with van der Waals surface area (Å²) in [6.45, 7) is 4.22. The summed E-state index contributed by atoms with van der Waals surface area (Å²) < 4.78 is 11.3. The van der Waals surface area contributed by atoms with E-state index in [1.165, 1.54) is 0 Å². The summed E-state index contributed by atoms with van der Waals surface area (Å²) in [5.41, 5.74) is 5.37. The Morgan fingerprint density at radius 3 is 2.35 bits per heavy atom. The second-order valence-corrected chi connectivity index (χ2v) is 11.4. The van der Waals surface area contributed by atoms with Crippen molar-refractivity contribution in [3.63, 3.8) is 0 Å². The molecule has 0 radical (unpaired) electrons. The summed E-state index contributed by atoms with van der Waals surface area (Å²) in [6, 6.07) is 30.5. The Morgan fingerprint density at radius 2 is 1.59 bits per heavy atom. The van der Waals surface area contributed by atoms with Crippen molar-refractivity contribution in [2.24, 2.45) is 0 Å². The second kappa shape index (κ2) is 16.5. The van der Waals surface area contributed by atoms with Gasteiger partial charge in [-0.2, -0.15) is 0 Å². The van der Waals surface area contributed by atoms with E-state index in [0.29, 0.717) is 30.9 Å². The van der Waals surface area contributed by atoms with Gasteiger partial charge in [-0.15, -0.1) is 0 Å². The van der Waals surface area contributed by atoms with Crippen LogP contribution in [0.3, 0.4) is 0 Å². The van der Waals surface area contributed by atoms with Crippen molar-refractivity contribution in [3.05, 3.63) is 114 Å². The molecule has 0 aliphatic carbocycles. The van der Waals surface area contributed by atoms with Gasteiger partial charge in [0.15, 0.2) is 0 Å². The number of aromatic hydroxyl groups is 1. The Bertz CT molecular complexity index is 1570. The molecule has 0 bridgehead atoms. The van der Waals surface area contributed by atoms with Gasteiger partial charge in [-0.3, -0.25) is 10.1 Å². The van der Waals surface area contributed by atoms with Crippen molar-refractivity contribution in [1.29, 1.82) is 0 Å². The van der Waals surface area contributed by atoms with E-state index in [0.717, 1.165) is 66.8 Å². The lowest BCUT2D eigenvalue weighted by Gasteiger charge is -2.31. The first-order valence-electron chi connectivity index (χ1n) is 15.8. The number of hydrogen-bond donors (Lipinski definition) is 4. The first-order chi connectivity index (χ1) is 22.5. The van der Waals surface area contributed by atoms with Crippen LogP contribution in [0.4, 0.5) is 10.5 Å². The highest BCUT2D eigenvalue weighted by Crippen LogP contribution is 2.28. The number of anilines is 1. The van der Waals surface area contributed by atoms with Crippen LogP contribution in [0, 0.1) is 0 Å². The molecule has 1 aliphatic heterocycles. The predicted octanol–water partition coefficient (Wildman–Crippen LogP) is 5.84. The number of rotatable bonds is 13. The molecule has 1 heterocycles. The molecule has 1 aliphatic rings. The smallest absolute Gasteiger partial charge is 0.411 e. The maximum atomic E-state index is 12.9. The highest BCUT2D eigenvalue weighted by atomic mass is 16.6. The third-order valence-corrected chi connectivity index (χ3v) is 8.14. The molecular formula is C37H42N4O5. The fourth-order valence-electron chi connectivity index (χ4n) is 5.59. The molecule has 0 saturated carbocycles. The van der Waals surface area contributed by atoms with Gasteiger partial charge >= 0.3 is 6.09 Å². The number of nitrogens with zero attached hydrogens (tertiary/aromatic N) is 1. The van der Waals surface area contributed by atoms with Gasteiger partial charge in [-0.05, 0) is 72.8 Å². The summed E-state index contributed by atoms with van der Waals surface area (Å²) in [4.78, 5) is 27.9. The first kappa shape index (κ1) is 32.5. The highest BCUT2D eigenvalue weighted by Gasteiger charge is 2.23. The molecule has 0 atom stereocenters. The summed E-state index contributed by atoms with van der Waals surface area (Å²) in [5, 5.41) is 18.8. The van der Waals surface area contributed by atoms with Crippen LogP contribution < -0.4 is 20.7 Å². The number of piperidine rings is 1. The Morgan fingerprint density at radius 1 is 0.870 bits per heavy atom. The molecule has 0 unspecified atom stereocenters. The number of carbonyl (C=O) groups is 2. The largest absolute Gasteiger partial charge is 0.508 e. The van der Waals surface area contributed by atoms with E-state index in [9.17, 15) is 14.7 Å². The Kier molecular flexibility index (Phi) is 11.6. The minimum atomic E-state index is -0.445. The Labute approximate surface area is 270 Å². The van der Waals surface area contributed by atoms with Crippen molar-refractivity contribution >= 4 is 17.7 Å². The summed E-state index contributed by atoms with van der Waals surface area (Å²) in [6.07, 6.45) is 1.72. The highest BCUT2D eigenvalue weighted by molar-refractivity contribution is 5.97. The van der Waals surface area contributed by atoms with Crippen LogP contribution in [0.15, 0.2) is 97.1 Å². The molecule has 0 aromatic heterocycles. The quantitative estimate of drug-likeness (QED) is 0.139. The van der Waals surface area contributed by atoms with Crippen molar-refractivity contribution in [2.75, 3.05) is 45.2 Å². The van der Waals surface area contributed by atoms with Crippen LogP contribution in [0.2, 0.25) is 0 Å². The molecule has 4 N–H and O–H groups in total. The van der Waals surface area contributed by atoms with Gasteiger partial charge < -0.3 is 30.1 Å². The molecule has 4 aromatic carbocycles. The fraction of sp³-hybridized carbons (Fsp3) is 0.297. The van der Waals surface area contributed by atoms with Crippen molar-refractivity contribution in [1.82, 2.24) is 15.5 Å². The zero-order chi connectivity index (χ0) is 32.1. The molecule has 1 saturated heterocycles. The van der Waals surface area contributed by atoms with Gasteiger partial charge in [0.1, 0.15) is 17.6 Å². The van der Waals surface area contributed by atoms with Crippen LogP contribution in [-0.4, -0.2) is 67.9 Å². The average molecular weight is 623 g/mol. The van der Waals surface area contributed by atoms with Crippen LogP contribution in [0.25, 0.3) is 11.1 Å². The average Bonchev–Trinajstić information content (AvgIpc) is 3.08. The lowest BCUT2D eigenvalue weighted by Crippen LogP contribution is -2.42. The topological polar surface area (TPSA) is 112 Å². The van der Waals surface area contributed by atoms with Gasteiger partial charge in [0, 0.05) is 38.3 Å². The zero-order valence-electron chi connectivity index (χ0n) is 26.2. The Balaban J connectivity index is 1.01. The zero-order valence-corrected chi connectivity index (χ0v) is 26.2. The van der Waals surface area contributed by atoms with Crippen molar-refractivity contribution < 1.29 is 24.2 Å². The molecule has 9 nitrogen and oxygen atoms in total. The normalized spacial score (nSPS) is 13.6. The SMILES string of the molecule is COc1cc(CNCCc2ccc(O)cc2)ccc1C(=O)NCCN1CCC(OC(=O)Nc2ccccc2-c2ccccc2)CC1. The number of phenolic OH excluding ortho intramolecular Hbond substituents is 1. The van der Waals surface area contributed by atoms with Crippen LogP contribution in [0.5, 0.6) is 11.5 Å². The number of amides is 2. The maximum absolute atomic E-state index is 12.9. The van der Waals surface area contributed by atoms with Crippen LogP contribution >= 0.6 is 0 Å². The van der Waals surface area contributed by atoms with E-state index in [2.05, 4.69) is 20.9 Å². The Hall–Kier alpha value is -4.86. The van der Waals surface area contributed by atoms with Crippen molar-refractivity contribution in [2.45, 2.75) is 31.9 Å². The van der Waals surface area contributed by atoms with E-state index in [-0.39, 0.29) is 17.8 Å². The number of para-hydroxylation sites is 1. The molecule has 240 valence electrons. The number of benzene rings is 4. The number of ether oxygens (including phenoxy) is 2. The second-order valence-electron chi connectivity index (χ2n) is 11.4. The summed E-state index contributed by atoms with van der Waals surface area (Å²) >= 11 is 0. The van der Waals surface area contributed by atoms with Crippen molar-refractivity contribution in [3.8, 4) is 22.6 Å². The first-order valence-corrected chi connectivity index (χ1v) is 15.8. The number of phenols is 1. The minimum Gasteiger partial charge on any atom is -0.508 e. The monoisotopic (exact) mass is 622 g/mol. The molecule has 1 fully saturated rings. The lowest BCUT2D eigenvalue weighted by molar-refractivity contribution is 0.0587. The molecule has 2 amide bonds. The third kappa shape index (κ3) is 9.32. The van der Waals surface area contributed by atoms with Gasteiger partial charge in [0.2, 0.25) is 0 Å². The number of likely N-dealkylation sites (tertiary alicyclic amines) is 1. The van der Waals surface area contributed by atoms with E-state index in [4.69, 9.17) is 9.47 Å². The van der Waals surface area contributed by atoms with E-state index in [1.54, 1.807) is 25.3 Å². The molecule has 9 heteroatoms. The standard InChI is InChI=1S/C37H42N4O5/c1-45-35-25-28(26-38-20-17-27-11-14-30(42)15-12-27)13-16-33(35)36(43)39-21-24-41-22-18-31(19-23-41)46-37(44)40-34-10-6-5-9-32(34)29-7-3-2-4-8-29/h2-16,25,31,38,42H,17-24,26H2,1H3,(H,39,43)(H,40,44). The van der Waals surface area contributed by atoms with E-state index in [1.807, 2.05) is 78.9 Å². The van der Waals surface area contributed by atoms with E-state index >= 15 is 0 Å². The molecule has 46 heavy (non-hydrogen) atoms. The molecular weight excluding hydrogens is 580 g/mol. The van der Waals surface area contributed by atoms with E-state index < -0.39 is 6.09 Å². The molecule has 0 spiro atoms. The lowest BCUT2D eigenvalue weighted by atomic mass is 10.0. The van der Waals surface area contributed by atoms with Gasteiger partial charge in [0.25, 0.3) is 5.91 Å². The van der Waals surface area contributed by atoms with Gasteiger partial charge in [-0.1, -0.05) is 66.7 Å². The summed E-state index contributed by atoms with van der Waals surface area (Å²) in [7, 11) is 1.57. The molecule has 4 aromatic rings. The van der Waals surface area contributed by atoms with Gasteiger partial charge in [0.05, 0.1) is 18.4 Å². The number of nitrogens with one attached hydrogen (secondary N) is 3. The number of methoxy groups -OCH3 is 1. The molecule has 5 rings (SSSR count). The van der Waals surface area contributed by atoms with Gasteiger partial charge in [-0.25, -0.2) is 4.79 Å². The third-order valence-electron chi connectivity index (χ3n) is 8.14. The number of hydrogen-bond acceptors (Lipinski definition) is 7. The fourth-order valence-corrected chi connectivity index (χ4v) is 5.59. The van der Waals surface area contributed by atoms with Crippen LogP contribution in [-0.2, 0) is 17.7 Å². The minimum absolute atomic E-state index is 0.153. The van der Waals surface area contributed by atoms with Crippen LogP contribution in [0.1, 0.15) is 34.3 Å². The maximum Gasteiger partial charge on any atom is 0.411 e. The summed E-state index contributed by atoms with van der Waals surface area (Å²) in [5.74, 6) is 0.635. The number of carbonyl (C=O) groups excluding carboxylic acids is 2. The predicted molar refractivity (Wildman–Crippen MR) is 180 cm³/mol.